The highest BCUT2D eigenvalue weighted by molar-refractivity contribution is 5.94. The minimum atomic E-state index is -0.524. The van der Waals surface area contributed by atoms with E-state index >= 15 is 0 Å². The van der Waals surface area contributed by atoms with E-state index in [9.17, 15) is 9.59 Å². The third-order valence-electron chi connectivity index (χ3n) is 3.45. The molecule has 0 fully saturated rings. The maximum atomic E-state index is 12.0. The van der Waals surface area contributed by atoms with Crippen molar-refractivity contribution in [2.45, 2.75) is 26.3 Å². The molecule has 0 unspecified atom stereocenters. The molecule has 1 aromatic carbocycles. The zero-order valence-corrected chi connectivity index (χ0v) is 12.8. The molecule has 0 radical (unpaired) electrons. The first-order valence-electron chi connectivity index (χ1n) is 7.22. The van der Waals surface area contributed by atoms with Crippen LogP contribution in [0.1, 0.15) is 24.2 Å². The van der Waals surface area contributed by atoms with Gasteiger partial charge in [-0.25, -0.2) is 4.79 Å². The number of nitrogens with zero attached hydrogens (tertiary/aromatic N) is 1. The van der Waals surface area contributed by atoms with Gasteiger partial charge >= 0.3 is 5.97 Å². The van der Waals surface area contributed by atoms with Gasteiger partial charge in [0.05, 0.1) is 12.1 Å². The second-order valence-electron chi connectivity index (χ2n) is 4.94. The first-order valence-corrected chi connectivity index (χ1v) is 7.22. The second-order valence-corrected chi connectivity index (χ2v) is 4.94. The van der Waals surface area contributed by atoms with Crippen LogP contribution in [-0.2, 0) is 16.0 Å². The molecule has 0 amide bonds. The molecule has 2 aromatic rings. The van der Waals surface area contributed by atoms with Gasteiger partial charge in [0.25, 0.3) is 0 Å². The molecule has 22 heavy (non-hydrogen) atoms. The summed E-state index contributed by atoms with van der Waals surface area (Å²) in [7, 11) is 0. The van der Waals surface area contributed by atoms with E-state index in [1.165, 1.54) is 13.1 Å². The minimum absolute atomic E-state index is 0.0631. The van der Waals surface area contributed by atoms with Crippen LogP contribution in [-0.4, -0.2) is 29.1 Å². The van der Waals surface area contributed by atoms with Crippen LogP contribution in [0.5, 0.6) is 0 Å². The molecule has 0 saturated heterocycles. The Hall–Kier alpha value is -2.56. The lowest BCUT2D eigenvalue weighted by atomic mass is 10.1. The molecule has 5 nitrogen and oxygen atoms in total. The number of aromatic nitrogens is 1. The summed E-state index contributed by atoms with van der Waals surface area (Å²) in [6, 6.07) is 7.11. The second kappa shape index (κ2) is 6.93. The van der Waals surface area contributed by atoms with Crippen LogP contribution < -0.4 is 5.32 Å². The summed E-state index contributed by atoms with van der Waals surface area (Å²) in [5.41, 5.74) is 1.75. The highest BCUT2D eigenvalue weighted by Gasteiger charge is 2.21. The Balaban J connectivity index is 2.39. The quantitative estimate of drug-likeness (QED) is 0.833. The zero-order chi connectivity index (χ0) is 16.1. The van der Waals surface area contributed by atoms with Gasteiger partial charge in [-0.3, -0.25) is 9.36 Å². The highest BCUT2D eigenvalue weighted by Crippen LogP contribution is 2.22. The number of para-hydroxylation sites is 1. The molecule has 0 aliphatic heterocycles. The van der Waals surface area contributed by atoms with E-state index < -0.39 is 6.04 Å². The highest BCUT2D eigenvalue weighted by atomic mass is 16.5. The van der Waals surface area contributed by atoms with Gasteiger partial charge in [0, 0.05) is 24.9 Å². The first-order chi connectivity index (χ1) is 10.6. The average molecular weight is 300 g/mol. The Morgan fingerprint density at radius 2 is 2.14 bits per heavy atom. The Labute approximate surface area is 129 Å². The first kappa shape index (κ1) is 15.8. The van der Waals surface area contributed by atoms with E-state index in [2.05, 4.69) is 11.9 Å². The van der Waals surface area contributed by atoms with E-state index in [1.807, 2.05) is 24.3 Å². The fraction of sp³-hybridized carbons (Fsp3) is 0.294. The third kappa shape index (κ3) is 3.19. The summed E-state index contributed by atoms with van der Waals surface area (Å²) in [5, 5.41) is 3.87. The lowest BCUT2D eigenvalue weighted by Crippen LogP contribution is -2.36. The lowest BCUT2D eigenvalue weighted by Gasteiger charge is -2.15. The van der Waals surface area contributed by atoms with Crippen LogP contribution in [0.15, 0.2) is 43.2 Å². The van der Waals surface area contributed by atoms with Crippen molar-refractivity contribution in [3.63, 3.8) is 0 Å². The van der Waals surface area contributed by atoms with Gasteiger partial charge in [0.2, 0.25) is 5.91 Å². The lowest BCUT2D eigenvalue weighted by molar-refractivity contribution is -0.145. The molecule has 2 rings (SSSR count). The molecule has 1 aromatic heterocycles. The number of benzene rings is 1. The van der Waals surface area contributed by atoms with Crippen molar-refractivity contribution in [3.05, 3.63) is 48.8 Å². The Bertz CT molecular complexity index is 703. The van der Waals surface area contributed by atoms with E-state index in [0.717, 1.165) is 16.5 Å². The molecule has 0 spiro atoms. The molecule has 1 heterocycles. The number of nitrogens with one attached hydrogen (secondary N) is 1. The van der Waals surface area contributed by atoms with E-state index in [4.69, 9.17) is 4.74 Å². The van der Waals surface area contributed by atoms with Crippen LogP contribution >= 0.6 is 0 Å². The number of hydrogen-bond donors (Lipinski definition) is 1. The molecule has 0 saturated carbocycles. The zero-order valence-electron chi connectivity index (χ0n) is 12.8. The standard InChI is InChI=1S/C17H20N2O3/c1-4-18-15(17(21)22-5-2)10-13-11-19(12(3)20)16-9-7-6-8-14(13)16/h4,6-9,11,15,18H,1,5,10H2,2-3H3/t15-/m0/s1. The number of carbonyl (C=O) groups excluding carboxylic acids is 2. The summed E-state index contributed by atoms with van der Waals surface area (Å²) in [4.78, 5) is 23.8. The minimum Gasteiger partial charge on any atom is -0.464 e. The predicted octanol–water partition coefficient (Wildman–Crippen LogP) is 2.51. The van der Waals surface area contributed by atoms with Crippen molar-refractivity contribution in [1.29, 1.82) is 0 Å². The van der Waals surface area contributed by atoms with Gasteiger partial charge < -0.3 is 10.1 Å². The van der Waals surface area contributed by atoms with Crippen LogP contribution in [0.4, 0.5) is 0 Å². The van der Waals surface area contributed by atoms with Gasteiger partial charge in [-0.15, -0.1) is 0 Å². The van der Waals surface area contributed by atoms with Crippen LogP contribution in [0.3, 0.4) is 0 Å². The number of rotatable bonds is 6. The molecule has 0 aliphatic rings. The maximum absolute atomic E-state index is 12.0. The smallest absolute Gasteiger partial charge is 0.328 e. The van der Waals surface area contributed by atoms with Crippen molar-refractivity contribution < 1.29 is 14.3 Å². The molecule has 116 valence electrons. The molecular weight excluding hydrogens is 280 g/mol. The summed E-state index contributed by atoms with van der Waals surface area (Å²) >= 11 is 0. The molecule has 1 N–H and O–H groups in total. The van der Waals surface area contributed by atoms with Gasteiger partial charge in [0.1, 0.15) is 6.04 Å². The molecule has 0 bridgehead atoms. The average Bonchev–Trinajstić information content (AvgIpc) is 2.86. The van der Waals surface area contributed by atoms with Gasteiger partial charge in [0.15, 0.2) is 0 Å². The number of hydrogen-bond acceptors (Lipinski definition) is 4. The number of carbonyl (C=O) groups is 2. The van der Waals surface area contributed by atoms with Crippen molar-refractivity contribution in [2.75, 3.05) is 6.61 Å². The van der Waals surface area contributed by atoms with E-state index in [0.29, 0.717) is 13.0 Å². The molecular formula is C17H20N2O3. The van der Waals surface area contributed by atoms with Crippen molar-refractivity contribution >= 4 is 22.8 Å². The largest absolute Gasteiger partial charge is 0.464 e. The van der Waals surface area contributed by atoms with Gasteiger partial charge in [-0.2, -0.15) is 0 Å². The Morgan fingerprint density at radius 3 is 2.77 bits per heavy atom. The fourth-order valence-corrected chi connectivity index (χ4v) is 2.49. The van der Waals surface area contributed by atoms with Crippen LogP contribution in [0.2, 0.25) is 0 Å². The Kier molecular flexibility index (Phi) is 4.99. The molecule has 0 aliphatic carbocycles. The summed E-state index contributed by atoms with van der Waals surface area (Å²) in [5.74, 6) is -0.395. The number of fused-ring (bicyclic) bond motifs is 1. The van der Waals surface area contributed by atoms with Crippen LogP contribution in [0, 0.1) is 0 Å². The number of esters is 1. The fourth-order valence-electron chi connectivity index (χ4n) is 2.49. The molecule has 5 heteroatoms. The SMILES string of the molecule is C=CN[C@@H](Cc1cn(C(C)=O)c2ccccc12)C(=O)OCC. The summed E-state index contributed by atoms with van der Waals surface area (Å²) < 4.78 is 6.67. The van der Waals surface area contributed by atoms with Crippen molar-refractivity contribution in [2.24, 2.45) is 0 Å². The predicted molar refractivity (Wildman–Crippen MR) is 85.7 cm³/mol. The van der Waals surface area contributed by atoms with Gasteiger partial charge in [-0.05, 0) is 24.8 Å². The topological polar surface area (TPSA) is 60.3 Å². The molecule has 1 atom stereocenters. The summed E-state index contributed by atoms with van der Waals surface area (Å²) in [6.07, 6.45) is 3.68. The summed E-state index contributed by atoms with van der Waals surface area (Å²) in [6.45, 7) is 7.21. The van der Waals surface area contributed by atoms with Gasteiger partial charge in [-0.1, -0.05) is 24.8 Å². The Morgan fingerprint density at radius 1 is 1.41 bits per heavy atom. The maximum Gasteiger partial charge on any atom is 0.328 e. The third-order valence-corrected chi connectivity index (χ3v) is 3.45. The normalized spacial score (nSPS) is 11.9. The van der Waals surface area contributed by atoms with Crippen molar-refractivity contribution in [1.82, 2.24) is 9.88 Å². The van der Waals surface area contributed by atoms with E-state index in [-0.39, 0.29) is 11.9 Å². The van der Waals surface area contributed by atoms with E-state index in [1.54, 1.807) is 17.7 Å². The van der Waals surface area contributed by atoms with Crippen molar-refractivity contribution in [3.8, 4) is 0 Å². The number of ether oxygens (including phenoxy) is 1. The monoisotopic (exact) mass is 300 g/mol. The van der Waals surface area contributed by atoms with Crippen LogP contribution in [0.25, 0.3) is 10.9 Å².